The highest BCUT2D eigenvalue weighted by molar-refractivity contribution is 5.65. The third-order valence-electron chi connectivity index (χ3n) is 3.30. The number of rotatable bonds is 1. The minimum Gasteiger partial charge on any atom is -0.465 e. The molecule has 0 radical (unpaired) electrons. The van der Waals surface area contributed by atoms with E-state index in [1.54, 1.807) is 0 Å². The Balaban J connectivity index is 2.17. The zero-order valence-electron chi connectivity index (χ0n) is 8.02. The molecule has 0 aromatic carbocycles. The first-order chi connectivity index (χ1) is 6.72. The highest BCUT2D eigenvalue weighted by Crippen LogP contribution is 2.27. The number of amides is 1. The lowest BCUT2D eigenvalue weighted by atomic mass is 9.93. The highest BCUT2D eigenvalue weighted by atomic mass is 16.4. The topological polar surface area (TPSA) is 72.8 Å². The maximum Gasteiger partial charge on any atom is 0.407 e. The Bertz CT molecular complexity index is 234. The molecule has 0 unspecified atom stereocenters. The maximum atomic E-state index is 11.0. The van der Waals surface area contributed by atoms with E-state index in [9.17, 15) is 4.79 Å². The number of fused-ring (bicyclic) bond motifs is 4. The van der Waals surface area contributed by atoms with Gasteiger partial charge in [-0.1, -0.05) is 0 Å². The maximum absolute atomic E-state index is 11.0. The zero-order chi connectivity index (χ0) is 10.1. The van der Waals surface area contributed by atoms with Crippen LogP contribution in [0.2, 0.25) is 0 Å². The first kappa shape index (κ1) is 9.73. The molecule has 0 saturated carbocycles. The van der Waals surface area contributed by atoms with E-state index in [-0.39, 0.29) is 18.7 Å². The van der Waals surface area contributed by atoms with Gasteiger partial charge in [0.25, 0.3) is 0 Å². The number of aliphatic hydroxyl groups is 1. The summed E-state index contributed by atoms with van der Waals surface area (Å²) < 4.78 is 0. The van der Waals surface area contributed by atoms with E-state index in [1.807, 2.05) is 0 Å². The fourth-order valence-corrected chi connectivity index (χ4v) is 2.51. The predicted molar refractivity (Wildman–Crippen MR) is 50.1 cm³/mol. The molecule has 1 amide bonds. The second kappa shape index (κ2) is 3.74. The summed E-state index contributed by atoms with van der Waals surface area (Å²) in [5.41, 5.74) is 0. The molecule has 14 heavy (non-hydrogen) atoms. The van der Waals surface area contributed by atoms with Crippen molar-refractivity contribution in [2.45, 2.75) is 24.9 Å². The van der Waals surface area contributed by atoms with E-state index in [2.05, 4.69) is 5.32 Å². The molecule has 0 spiro atoms. The number of piperidine rings is 1. The SMILES string of the molecule is O=C(O)N1C[C@@H]2CC[C@H]1[C@@H](CO)NC2. The van der Waals surface area contributed by atoms with Gasteiger partial charge in [-0.15, -0.1) is 0 Å². The number of hydrogen-bond donors (Lipinski definition) is 3. The van der Waals surface area contributed by atoms with Gasteiger partial charge in [-0.3, -0.25) is 0 Å². The third kappa shape index (κ3) is 1.57. The summed E-state index contributed by atoms with van der Waals surface area (Å²) in [6, 6.07) is -0.130. The van der Waals surface area contributed by atoms with Crippen molar-refractivity contribution in [1.82, 2.24) is 10.2 Å². The summed E-state index contributed by atoms with van der Waals surface area (Å²) in [7, 11) is 0. The lowest BCUT2D eigenvalue weighted by Crippen LogP contribution is -2.52. The molecular weight excluding hydrogens is 184 g/mol. The van der Waals surface area contributed by atoms with Crippen LogP contribution in [0.1, 0.15) is 12.8 Å². The third-order valence-corrected chi connectivity index (χ3v) is 3.30. The lowest BCUT2D eigenvalue weighted by Gasteiger charge is -2.36. The van der Waals surface area contributed by atoms with Gasteiger partial charge in [0.1, 0.15) is 0 Å². The number of carboxylic acid groups (broad SMARTS) is 1. The van der Waals surface area contributed by atoms with E-state index in [0.717, 1.165) is 19.4 Å². The van der Waals surface area contributed by atoms with Gasteiger partial charge < -0.3 is 20.4 Å². The first-order valence-electron chi connectivity index (χ1n) is 5.06. The van der Waals surface area contributed by atoms with Gasteiger partial charge in [-0.2, -0.15) is 0 Å². The molecule has 3 N–H and O–H groups in total. The van der Waals surface area contributed by atoms with Crippen LogP contribution in [0.3, 0.4) is 0 Å². The average molecular weight is 200 g/mol. The van der Waals surface area contributed by atoms with Gasteiger partial charge in [0.05, 0.1) is 18.7 Å². The molecule has 5 nitrogen and oxygen atoms in total. The summed E-state index contributed by atoms with van der Waals surface area (Å²) in [5.74, 6) is 0.416. The van der Waals surface area contributed by atoms with E-state index in [0.29, 0.717) is 12.5 Å². The number of nitrogens with one attached hydrogen (secondary N) is 1. The van der Waals surface area contributed by atoms with Crippen molar-refractivity contribution in [2.24, 2.45) is 5.92 Å². The van der Waals surface area contributed by atoms with Gasteiger partial charge in [0, 0.05) is 13.1 Å². The molecule has 3 saturated heterocycles. The standard InChI is InChI=1S/C9H16N2O3/c12-5-7-8-2-1-6(3-10-7)4-11(8)9(13)14/h6-8,10,12H,1-5H2,(H,13,14)/t6-,7-,8+/m1/s1. The van der Waals surface area contributed by atoms with Crippen molar-refractivity contribution in [3.05, 3.63) is 0 Å². The van der Waals surface area contributed by atoms with Crippen molar-refractivity contribution in [3.63, 3.8) is 0 Å². The number of carbonyl (C=O) groups is 1. The van der Waals surface area contributed by atoms with E-state index in [4.69, 9.17) is 10.2 Å². The molecule has 5 heteroatoms. The number of nitrogens with zero attached hydrogens (tertiary/aromatic N) is 1. The molecule has 0 aliphatic carbocycles. The predicted octanol–water partition coefficient (Wildman–Crippen LogP) is -0.291. The van der Waals surface area contributed by atoms with E-state index >= 15 is 0 Å². The van der Waals surface area contributed by atoms with Crippen molar-refractivity contribution in [3.8, 4) is 0 Å². The quantitative estimate of drug-likeness (QED) is 0.544. The number of aliphatic hydroxyl groups excluding tert-OH is 1. The molecule has 2 bridgehead atoms. The Kier molecular flexibility index (Phi) is 2.60. The van der Waals surface area contributed by atoms with Crippen molar-refractivity contribution in [2.75, 3.05) is 19.7 Å². The van der Waals surface area contributed by atoms with Crippen LogP contribution in [-0.2, 0) is 0 Å². The van der Waals surface area contributed by atoms with Crippen molar-refractivity contribution in [1.29, 1.82) is 0 Å². The fraction of sp³-hybridized carbons (Fsp3) is 0.889. The van der Waals surface area contributed by atoms with Crippen LogP contribution < -0.4 is 5.32 Å². The summed E-state index contributed by atoms with van der Waals surface area (Å²) in [6.07, 6.45) is 1.08. The fourth-order valence-electron chi connectivity index (χ4n) is 2.51. The molecule has 3 heterocycles. The molecule has 3 atom stereocenters. The summed E-state index contributed by atoms with van der Waals surface area (Å²) in [5, 5.41) is 21.4. The Morgan fingerprint density at radius 1 is 1.50 bits per heavy atom. The summed E-state index contributed by atoms with van der Waals surface area (Å²) in [4.78, 5) is 12.5. The highest BCUT2D eigenvalue weighted by Gasteiger charge is 2.39. The molecule has 80 valence electrons. The van der Waals surface area contributed by atoms with Crippen LogP contribution in [0.5, 0.6) is 0 Å². The molecular formula is C9H16N2O3. The van der Waals surface area contributed by atoms with Gasteiger partial charge in [-0.05, 0) is 18.8 Å². The van der Waals surface area contributed by atoms with Gasteiger partial charge in [0.2, 0.25) is 0 Å². The van der Waals surface area contributed by atoms with E-state index in [1.165, 1.54) is 4.90 Å². The summed E-state index contributed by atoms with van der Waals surface area (Å²) in [6.45, 7) is 1.45. The smallest absolute Gasteiger partial charge is 0.407 e. The van der Waals surface area contributed by atoms with Crippen molar-refractivity contribution < 1.29 is 15.0 Å². The Labute approximate surface area is 82.7 Å². The Hall–Kier alpha value is -0.810. The van der Waals surface area contributed by atoms with Crippen LogP contribution in [0.15, 0.2) is 0 Å². The van der Waals surface area contributed by atoms with Crippen LogP contribution >= 0.6 is 0 Å². The normalized spacial score (nSPS) is 36.9. The first-order valence-corrected chi connectivity index (χ1v) is 5.06. The van der Waals surface area contributed by atoms with Crippen LogP contribution in [-0.4, -0.2) is 53.0 Å². The van der Waals surface area contributed by atoms with Crippen LogP contribution in [0.4, 0.5) is 4.79 Å². The van der Waals surface area contributed by atoms with E-state index < -0.39 is 6.09 Å². The van der Waals surface area contributed by atoms with Gasteiger partial charge >= 0.3 is 6.09 Å². The molecule has 3 fully saturated rings. The van der Waals surface area contributed by atoms with Crippen LogP contribution in [0, 0.1) is 5.92 Å². The van der Waals surface area contributed by atoms with Gasteiger partial charge in [-0.25, -0.2) is 4.79 Å². The second-order valence-corrected chi connectivity index (χ2v) is 4.14. The zero-order valence-corrected chi connectivity index (χ0v) is 8.02. The molecule has 0 aromatic heterocycles. The molecule has 0 aromatic rings. The Morgan fingerprint density at radius 3 is 2.93 bits per heavy atom. The lowest BCUT2D eigenvalue weighted by molar-refractivity contribution is 0.0803. The monoisotopic (exact) mass is 200 g/mol. The molecule has 3 aliphatic heterocycles. The second-order valence-electron chi connectivity index (χ2n) is 4.14. The minimum atomic E-state index is -0.859. The molecule has 3 rings (SSSR count). The Morgan fingerprint density at radius 2 is 2.29 bits per heavy atom. The molecule has 3 aliphatic rings. The minimum absolute atomic E-state index is 0.0150. The van der Waals surface area contributed by atoms with Crippen LogP contribution in [0.25, 0.3) is 0 Å². The van der Waals surface area contributed by atoms with Crippen molar-refractivity contribution >= 4 is 6.09 Å². The van der Waals surface area contributed by atoms with Gasteiger partial charge in [0.15, 0.2) is 0 Å². The summed E-state index contributed by atoms with van der Waals surface area (Å²) >= 11 is 0. The number of hydrogen-bond acceptors (Lipinski definition) is 3. The largest absolute Gasteiger partial charge is 0.465 e. The average Bonchev–Trinajstić information content (AvgIpc) is 2.48.